The first kappa shape index (κ1) is 17.4. The van der Waals surface area contributed by atoms with Gasteiger partial charge < -0.3 is 10.0 Å². The molecule has 1 aliphatic rings. The Morgan fingerprint density at radius 2 is 2.05 bits per heavy atom. The molecule has 0 bridgehead atoms. The first-order chi connectivity index (χ1) is 9.19. The molecule has 0 amide bonds. The van der Waals surface area contributed by atoms with Crippen molar-refractivity contribution < 1.29 is 18.3 Å². The van der Waals surface area contributed by atoms with E-state index in [0.29, 0.717) is 6.42 Å². The fraction of sp³-hybridized carbons (Fsp3) is 0.929. The lowest BCUT2D eigenvalue weighted by Gasteiger charge is -2.39. The summed E-state index contributed by atoms with van der Waals surface area (Å²) >= 11 is 0. The minimum absolute atomic E-state index is 0.136. The summed E-state index contributed by atoms with van der Waals surface area (Å²) in [4.78, 5) is 13.5. The maximum atomic E-state index is 11.5. The first-order valence-corrected chi connectivity index (χ1v) is 9.17. The van der Waals surface area contributed by atoms with Gasteiger partial charge in [0.05, 0.1) is 11.2 Å². The molecular weight excluding hydrogens is 278 g/mol. The molecule has 1 heterocycles. The number of hydrogen-bond donors (Lipinski definition) is 1. The van der Waals surface area contributed by atoms with Gasteiger partial charge in [-0.2, -0.15) is 0 Å². The van der Waals surface area contributed by atoms with Crippen LogP contribution in [0.25, 0.3) is 0 Å². The summed E-state index contributed by atoms with van der Waals surface area (Å²) < 4.78 is 22.9. The molecule has 0 spiro atoms. The summed E-state index contributed by atoms with van der Waals surface area (Å²) in [5.41, 5.74) is -0.714. The molecule has 1 fully saturated rings. The maximum absolute atomic E-state index is 11.5. The second-order valence-electron chi connectivity index (χ2n) is 6.26. The molecule has 0 aromatic carbocycles. The van der Waals surface area contributed by atoms with E-state index in [1.54, 1.807) is 20.8 Å². The predicted octanol–water partition coefficient (Wildman–Crippen LogP) is 1.63. The fourth-order valence-electron chi connectivity index (χ4n) is 2.67. The average molecular weight is 305 g/mol. The van der Waals surface area contributed by atoms with Crippen molar-refractivity contribution in [1.82, 2.24) is 4.90 Å². The third-order valence-corrected chi connectivity index (χ3v) is 6.24. The zero-order chi connectivity index (χ0) is 15.4. The monoisotopic (exact) mass is 305 g/mol. The second kappa shape index (κ2) is 6.89. The Morgan fingerprint density at radius 1 is 1.40 bits per heavy atom. The van der Waals surface area contributed by atoms with Gasteiger partial charge in [-0.1, -0.05) is 6.92 Å². The van der Waals surface area contributed by atoms with Crippen molar-refractivity contribution >= 4 is 15.8 Å². The fourth-order valence-corrected chi connectivity index (χ4v) is 3.53. The molecule has 6 heteroatoms. The smallest absolute Gasteiger partial charge is 0.309 e. The highest BCUT2D eigenvalue weighted by Crippen LogP contribution is 2.34. The molecule has 0 radical (unpaired) electrons. The number of piperidine rings is 1. The minimum atomic E-state index is -2.90. The first-order valence-electron chi connectivity index (χ1n) is 7.35. The second-order valence-corrected chi connectivity index (χ2v) is 8.73. The van der Waals surface area contributed by atoms with Gasteiger partial charge in [0.15, 0.2) is 0 Å². The Kier molecular flexibility index (Phi) is 6.01. The summed E-state index contributed by atoms with van der Waals surface area (Å²) in [6.45, 7) is 7.67. The van der Waals surface area contributed by atoms with Crippen molar-refractivity contribution in [2.24, 2.45) is 11.3 Å². The molecule has 1 N–H and O–H groups in total. The summed E-state index contributed by atoms with van der Waals surface area (Å²) in [5.74, 6) is -0.191. The number of carboxylic acid groups (broad SMARTS) is 1. The lowest BCUT2D eigenvalue weighted by Crippen LogP contribution is -2.45. The van der Waals surface area contributed by atoms with Crippen LogP contribution in [0.4, 0.5) is 0 Å². The van der Waals surface area contributed by atoms with Gasteiger partial charge >= 0.3 is 5.97 Å². The average Bonchev–Trinajstić information content (AvgIpc) is 2.38. The molecule has 1 aliphatic heterocycles. The Bertz CT molecular complexity index is 430. The SMILES string of the molecule is CCS(=O)(=O)CCCN1CCCC(C(C)(C)C(=O)O)C1. The highest BCUT2D eigenvalue weighted by Gasteiger charge is 2.38. The molecule has 0 aromatic rings. The van der Waals surface area contributed by atoms with Gasteiger partial charge in [0.1, 0.15) is 9.84 Å². The molecule has 0 saturated carbocycles. The van der Waals surface area contributed by atoms with E-state index < -0.39 is 21.2 Å². The van der Waals surface area contributed by atoms with Crippen LogP contribution in [0.5, 0.6) is 0 Å². The van der Waals surface area contributed by atoms with Crippen molar-refractivity contribution in [2.45, 2.75) is 40.0 Å². The normalized spacial score (nSPS) is 21.9. The van der Waals surface area contributed by atoms with E-state index >= 15 is 0 Å². The lowest BCUT2D eigenvalue weighted by atomic mass is 9.74. The number of carbonyl (C=O) groups is 1. The molecule has 1 rings (SSSR count). The number of rotatable bonds is 7. The van der Waals surface area contributed by atoms with Crippen LogP contribution >= 0.6 is 0 Å². The highest BCUT2D eigenvalue weighted by atomic mass is 32.2. The lowest BCUT2D eigenvalue weighted by molar-refractivity contribution is -0.151. The quantitative estimate of drug-likeness (QED) is 0.774. The number of likely N-dealkylation sites (tertiary alicyclic amines) is 1. The number of carboxylic acids is 1. The Morgan fingerprint density at radius 3 is 2.60 bits per heavy atom. The van der Waals surface area contributed by atoms with E-state index in [9.17, 15) is 18.3 Å². The number of hydrogen-bond acceptors (Lipinski definition) is 4. The summed E-state index contributed by atoms with van der Waals surface area (Å²) in [7, 11) is -2.90. The zero-order valence-electron chi connectivity index (χ0n) is 12.8. The Hall–Kier alpha value is -0.620. The Balaban J connectivity index is 2.48. The van der Waals surface area contributed by atoms with Crippen LogP contribution in [0.1, 0.15) is 40.0 Å². The van der Waals surface area contributed by atoms with Crippen molar-refractivity contribution in [3.05, 3.63) is 0 Å². The van der Waals surface area contributed by atoms with Crippen LogP contribution in [0, 0.1) is 11.3 Å². The molecule has 118 valence electrons. The van der Waals surface area contributed by atoms with E-state index in [2.05, 4.69) is 4.90 Å². The van der Waals surface area contributed by atoms with Crippen molar-refractivity contribution in [1.29, 1.82) is 0 Å². The third kappa shape index (κ3) is 4.74. The van der Waals surface area contributed by atoms with Crippen molar-refractivity contribution in [3.63, 3.8) is 0 Å². The van der Waals surface area contributed by atoms with Gasteiger partial charge in [0.25, 0.3) is 0 Å². The van der Waals surface area contributed by atoms with Gasteiger partial charge in [-0.15, -0.1) is 0 Å². The largest absolute Gasteiger partial charge is 0.481 e. The van der Waals surface area contributed by atoms with Gasteiger partial charge in [0, 0.05) is 12.3 Å². The van der Waals surface area contributed by atoms with E-state index in [4.69, 9.17) is 0 Å². The number of sulfone groups is 1. The highest BCUT2D eigenvalue weighted by molar-refractivity contribution is 7.91. The summed E-state index contributed by atoms with van der Waals surface area (Å²) in [5, 5.41) is 9.30. The Labute approximate surface area is 122 Å². The number of aliphatic carboxylic acids is 1. The standard InChI is InChI=1S/C14H27NO4S/c1-4-20(18,19)10-6-9-15-8-5-7-12(11-15)14(2,3)13(16)17/h12H,4-11H2,1-3H3,(H,16,17). The van der Waals surface area contributed by atoms with Crippen molar-refractivity contribution in [2.75, 3.05) is 31.1 Å². The van der Waals surface area contributed by atoms with E-state index in [-0.39, 0.29) is 17.4 Å². The molecule has 5 nitrogen and oxygen atoms in total. The van der Waals surface area contributed by atoms with Gasteiger partial charge in [-0.3, -0.25) is 4.79 Å². The van der Waals surface area contributed by atoms with Crippen LogP contribution < -0.4 is 0 Å². The molecule has 1 saturated heterocycles. The van der Waals surface area contributed by atoms with E-state index in [1.807, 2.05) is 0 Å². The molecule has 1 unspecified atom stereocenters. The van der Waals surface area contributed by atoms with Crippen LogP contribution in [-0.4, -0.2) is 55.5 Å². The third-order valence-electron chi connectivity index (χ3n) is 4.45. The molecule has 0 aliphatic carbocycles. The van der Waals surface area contributed by atoms with Crippen LogP contribution in [-0.2, 0) is 14.6 Å². The summed E-state index contributed by atoms with van der Waals surface area (Å²) in [6, 6.07) is 0. The van der Waals surface area contributed by atoms with Crippen molar-refractivity contribution in [3.8, 4) is 0 Å². The summed E-state index contributed by atoms with van der Waals surface area (Å²) in [6.07, 6.45) is 2.56. The minimum Gasteiger partial charge on any atom is -0.481 e. The van der Waals surface area contributed by atoms with Gasteiger partial charge in [-0.05, 0) is 52.1 Å². The number of nitrogens with zero attached hydrogens (tertiary/aromatic N) is 1. The van der Waals surface area contributed by atoms with Gasteiger partial charge in [0.2, 0.25) is 0 Å². The molecule has 1 atom stereocenters. The van der Waals surface area contributed by atoms with Crippen LogP contribution in [0.3, 0.4) is 0 Å². The predicted molar refractivity (Wildman–Crippen MR) is 79.5 cm³/mol. The molecule has 0 aromatic heterocycles. The zero-order valence-corrected chi connectivity index (χ0v) is 13.6. The maximum Gasteiger partial charge on any atom is 0.309 e. The molecular formula is C14H27NO4S. The van der Waals surface area contributed by atoms with Gasteiger partial charge in [-0.25, -0.2) is 8.42 Å². The molecule has 20 heavy (non-hydrogen) atoms. The van der Waals surface area contributed by atoms with Crippen LogP contribution in [0.2, 0.25) is 0 Å². The van der Waals surface area contributed by atoms with E-state index in [0.717, 1.165) is 32.5 Å². The topological polar surface area (TPSA) is 74.7 Å². The van der Waals surface area contributed by atoms with Crippen LogP contribution in [0.15, 0.2) is 0 Å². The van der Waals surface area contributed by atoms with E-state index in [1.165, 1.54) is 0 Å².